The Hall–Kier alpha value is -2.15. The van der Waals surface area contributed by atoms with Crippen LogP contribution in [0.1, 0.15) is 17.0 Å². The summed E-state index contributed by atoms with van der Waals surface area (Å²) in [4.78, 5) is 20.0. The van der Waals surface area contributed by atoms with Crippen LogP contribution >= 0.6 is 0 Å². The molecule has 0 bridgehead atoms. The zero-order chi connectivity index (χ0) is 14.8. The molecule has 7 nitrogen and oxygen atoms in total. The van der Waals surface area contributed by atoms with Crippen molar-refractivity contribution >= 4 is 5.91 Å². The van der Waals surface area contributed by atoms with Gasteiger partial charge in [0, 0.05) is 30.9 Å². The summed E-state index contributed by atoms with van der Waals surface area (Å²) in [6.45, 7) is 2.32. The third-order valence-electron chi connectivity index (χ3n) is 3.60. The molecule has 0 fully saturated rings. The van der Waals surface area contributed by atoms with Gasteiger partial charge in [0.1, 0.15) is 11.5 Å². The lowest BCUT2D eigenvalue weighted by molar-refractivity contribution is -0.132. The largest absolute Gasteiger partial charge is 0.361 e. The number of rotatable bonds is 4. The molecule has 0 radical (unpaired) electrons. The van der Waals surface area contributed by atoms with Crippen molar-refractivity contribution in [1.29, 1.82) is 0 Å². The molecule has 0 spiro atoms. The van der Waals surface area contributed by atoms with E-state index >= 15 is 0 Å². The Labute approximate surface area is 123 Å². The van der Waals surface area contributed by atoms with Crippen LogP contribution in [-0.2, 0) is 24.3 Å². The number of likely N-dealkylation sites (N-methyl/N-ethyl adjacent to an activating group) is 1. The lowest BCUT2D eigenvalue weighted by Gasteiger charge is -2.27. The highest BCUT2D eigenvalue weighted by molar-refractivity contribution is 5.78. The molecular formula is C14H19N5O2. The predicted octanol–water partition coefficient (Wildman–Crippen LogP) is 0.366. The van der Waals surface area contributed by atoms with Gasteiger partial charge in [0.15, 0.2) is 0 Å². The van der Waals surface area contributed by atoms with Crippen LogP contribution in [0.15, 0.2) is 23.2 Å². The minimum Gasteiger partial charge on any atom is -0.361 e. The molecular weight excluding hydrogens is 270 g/mol. The average Bonchev–Trinajstić information content (AvgIpc) is 3.08. The van der Waals surface area contributed by atoms with Gasteiger partial charge in [-0.3, -0.25) is 4.79 Å². The first-order valence-corrected chi connectivity index (χ1v) is 6.98. The van der Waals surface area contributed by atoms with Gasteiger partial charge in [-0.25, -0.2) is 4.98 Å². The first kappa shape index (κ1) is 13.8. The monoisotopic (exact) mass is 289 g/mol. The standard InChI is InChI=1S/C14H19N5O2/c1-17(2)9-14(20)19-5-3-13-11(7-19)12(16-21-13)8-18-6-4-15-10-18/h4,6,10H,3,5,7-9H2,1-2H3. The highest BCUT2D eigenvalue weighted by Crippen LogP contribution is 2.23. The van der Waals surface area contributed by atoms with Gasteiger partial charge in [0.2, 0.25) is 5.91 Å². The summed E-state index contributed by atoms with van der Waals surface area (Å²) in [5.74, 6) is 1.04. The Morgan fingerprint density at radius 1 is 1.48 bits per heavy atom. The second-order valence-electron chi connectivity index (χ2n) is 5.57. The van der Waals surface area contributed by atoms with E-state index in [1.807, 2.05) is 34.7 Å². The maximum atomic E-state index is 12.2. The quantitative estimate of drug-likeness (QED) is 0.813. The van der Waals surface area contributed by atoms with E-state index in [9.17, 15) is 4.79 Å². The molecule has 1 amide bonds. The van der Waals surface area contributed by atoms with Crippen LogP contribution < -0.4 is 0 Å². The van der Waals surface area contributed by atoms with Gasteiger partial charge in [0.25, 0.3) is 0 Å². The minimum absolute atomic E-state index is 0.139. The molecule has 2 aromatic heterocycles. The summed E-state index contributed by atoms with van der Waals surface area (Å²) in [7, 11) is 3.80. The zero-order valence-corrected chi connectivity index (χ0v) is 12.3. The number of nitrogens with zero attached hydrogens (tertiary/aromatic N) is 5. The van der Waals surface area contributed by atoms with E-state index in [2.05, 4.69) is 10.1 Å². The molecule has 1 aliphatic rings. The van der Waals surface area contributed by atoms with Crippen molar-refractivity contribution in [3.05, 3.63) is 35.7 Å². The smallest absolute Gasteiger partial charge is 0.237 e. The number of hydrogen-bond acceptors (Lipinski definition) is 5. The van der Waals surface area contributed by atoms with Crippen LogP contribution in [0.2, 0.25) is 0 Å². The fraction of sp³-hybridized carbons (Fsp3) is 0.500. The summed E-state index contributed by atoms with van der Waals surface area (Å²) in [6.07, 6.45) is 6.10. The van der Waals surface area contributed by atoms with Gasteiger partial charge in [-0.2, -0.15) is 0 Å². The molecule has 0 aliphatic carbocycles. The summed E-state index contributed by atoms with van der Waals surface area (Å²) >= 11 is 0. The molecule has 0 unspecified atom stereocenters. The van der Waals surface area contributed by atoms with Crippen molar-refractivity contribution in [3.8, 4) is 0 Å². The van der Waals surface area contributed by atoms with E-state index < -0.39 is 0 Å². The number of amides is 1. The zero-order valence-electron chi connectivity index (χ0n) is 12.3. The predicted molar refractivity (Wildman–Crippen MR) is 75.5 cm³/mol. The first-order chi connectivity index (χ1) is 10.1. The van der Waals surface area contributed by atoms with Gasteiger partial charge >= 0.3 is 0 Å². The van der Waals surface area contributed by atoms with Crippen molar-refractivity contribution in [3.63, 3.8) is 0 Å². The van der Waals surface area contributed by atoms with E-state index in [1.54, 1.807) is 12.5 Å². The Balaban J connectivity index is 1.75. The van der Waals surface area contributed by atoms with Crippen LogP contribution in [0.3, 0.4) is 0 Å². The summed E-state index contributed by atoms with van der Waals surface area (Å²) in [5, 5.41) is 4.16. The van der Waals surface area contributed by atoms with Crippen molar-refractivity contribution in [2.24, 2.45) is 0 Å². The fourth-order valence-corrected chi connectivity index (χ4v) is 2.52. The number of hydrogen-bond donors (Lipinski definition) is 0. The fourth-order valence-electron chi connectivity index (χ4n) is 2.52. The molecule has 112 valence electrons. The Kier molecular flexibility index (Phi) is 3.74. The van der Waals surface area contributed by atoms with Gasteiger partial charge in [0.05, 0.1) is 26.0 Å². The summed E-state index contributed by atoms with van der Waals surface area (Å²) in [5.41, 5.74) is 1.92. The van der Waals surface area contributed by atoms with E-state index in [-0.39, 0.29) is 5.91 Å². The highest BCUT2D eigenvalue weighted by Gasteiger charge is 2.26. The molecule has 21 heavy (non-hydrogen) atoms. The highest BCUT2D eigenvalue weighted by atomic mass is 16.5. The maximum absolute atomic E-state index is 12.2. The maximum Gasteiger partial charge on any atom is 0.237 e. The van der Waals surface area contributed by atoms with Crippen LogP contribution in [-0.4, -0.2) is 57.6 Å². The summed E-state index contributed by atoms with van der Waals surface area (Å²) < 4.78 is 7.36. The Morgan fingerprint density at radius 3 is 3.05 bits per heavy atom. The number of aromatic nitrogens is 3. The van der Waals surface area contributed by atoms with Crippen LogP contribution in [0, 0.1) is 0 Å². The normalized spacial score (nSPS) is 14.5. The summed E-state index contributed by atoms with van der Waals surface area (Å²) in [6, 6.07) is 0. The lowest BCUT2D eigenvalue weighted by atomic mass is 10.1. The molecule has 7 heteroatoms. The van der Waals surface area contributed by atoms with Gasteiger partial charge in [-0.1, -0.05) is 5.16 Å². The number of carbonyl (C=O) groups is 1. The molecule has 3 rings (SSSR count). The molecule has 3 heterocycles. The Morgan fingerprint density at radius 2 is 2.33 bits per heavy atom. The molecule has 0 atom stereocenters. The first-order valence-electron chi connectivity index (χ1n) is 6.98. The number of fused-ring (bicyclic) bond motifs is 1. The molecule has 0 saturated carbocycles. The molecule has 0 aromatic carbocycles. The Bertz CT molecular complexity index is 617. The molecule has 0 saturated heterocycles. The van der Waals surface area contributed by atoms with Gasteiger partial charge < -0.3 is 18.9 Å². The van der Waals surface area contributed by atoms with Crippen molar-refractivity contribution in [1.82, 2.24) is 24.5 Å². The van der Waals surface area contributed by atoms with Gasteiger partial charge in [-0.15, -0.1) is 0 Å². The topological polar surface area (TPSA) is 67.4 Å². The second-order valence-corrected chi connectivity index (χ2v) is 5.57. The van der Waals surface area contributed by atoms with E-state index in [4.69, 9.17) is 4.52 Å². The van der Waals surface area contributed by atoms with E-state index in [1.165, 1.54) is 0 Å². The van der Waals surface area contributed by atoms with E-state index in [0.29, 0.717) is 26.2 Å². The van der Waals surface area contributed by atoms with Crippen LogP contribution in [0.5, 0.6) is 0 Å². The number of carbonyl (C=O) groups excluding carboxylic acids is 1. The number of imidazole rings is 1. The lowest BCUT2D eigenvalue weighted by Crippen LogP contribution is -2.40. The molecule has 0 N–H and O–H groups in total. The third kappa shape index (κ3) is 2.97. The SMILES string of the molecule is CN(C)CC(=O)N1CCc2onc(Cn3ccnc3)c2C1. The van der Waals surface area contributed by atoms with Crippen molar-refractivity contribution < 1.29 is 9.32 Å². The van der Waals surface area contributed by atoms with Crippen LogP contribution in [0.25, 0.3) is 0 Å². The van der Waals surface area contributed by atoms with Crippen molar-refractivity contribution in [2.45, 2.75) is 19.5 Å². The second kappa shape index (κ2) is 5.69. The average molecular weight is 289 g/mol. The molecule has 2 aromatic rings. The van der Waals surface area contributed by atoms with Crippen LogP contribution in [0.4, 0.5) is 0 Å². The van der Waals surface area contributed by atoms with E-state index in [0.717, 1.165) is 23.4 Å². The minimum atomic E-state index is 0.139. The van der Waals surface area contributed by atoms with Gasteiger partial charge in [-0.05, 0) is 14.1 Å². The molecule has 1 aliphatic heterocycles. The van der Waals surface area contributed by atoms with Crippen molar-refractivity contribution in [2.75, 3.05) is 27.2 Å². The third-order valence-corrected chi connectivity index (χ3v) is 3.60.